The highest BCUT2D eigenvalue weighted by Gasteiger charge is 2.40. The number of pyridine rings is 1. The van der Waals surface area contributed by atoms with Gasteiger partial charge in [0.15, 0.2) is 0 Å². The second-order valence-corrected chi connectivity index (χ2v) is 10.3. The fourth-order valence-corrected chi connectivity index (χ4v) is 6.53. The minimum atomic E-state index is -3.71. The Morgan fingerprint density at radius 1 is 0.938 bits per heavy atom. The third-order valence-electron chi connectivity index (χ3n) is 6.42. The molecular weight excluding hydrogens is 431 g/mol. The van der Waals surface area contributed by atoms with Gasteiger partial charge in [0.05, 0.1) is 12.0 Å². The minimum absolute atomic E-state index is 0.0165. The lowest BCUT2D eigenvalue weighted by Gasteiger charge is -2.42. The van der Waals surface area contributed by atoms with Crippen molar-refractivity contribution >= 4 is 10.0 Å². The number of benzene rings is 2. The third-order valence-corrected chi connectivity index (χ3v) is 8.26. The molecule has 0 saturated carbocycles. The highest BCUT2D eigenvalue weighted by molar-refractivity contribution is 7.89. The Balaban J connectivity index is 1.56. The number of nitrogens with zero attached hydrogens (tertiary/aromatic N) is 2. The van der Waals surface area contributed by atoms with Crippen molar-refractivity contribution in [2.45, 2.75) is 23.8 Å². The van der Waals surface area contributed by atoms with E-state index in [2.05, 4.69) is 0 Å². The topological polar surface area (TPSA) is 68.6 Å². The number of hydrogen-bond donors (Lipinski definition) is 0. The largest absolute Gasteiger partial charge is 0.497 e. The van der Waals surface area contributed by atoms with Gasteiger partial charge in [0.1, 0.15) is 11.6 Å². The van der Waals surface area contributed by atoms with Crippen molar-refractivity contribution in [3.63, 3.8) is 0 Å². The highest BCUT2D eigenvalue weighted by atomic mass is 32.2. The van der Waals surface area contributed by atoms with Crippen LogP contribution in [0.25, 0.3) is 11.1 Å². The molecule has 1 saturated heterocycles. The van der Waals surface area contributed by atoms with Gasteiger partial charge in [-0.2, -0.15) is 4.31 Å². The van der Waals surface area contributed by atoms with Gasteiger partial charge in [-0.15, -0.1) is 0 Å². The second kappa shape index (κ2) is 7.86. The maximum Gasteiger partial charge on any atom is 0.250 e. The Bertz CT molecular complexity index is 1330. The molecule has 2 aliphatic rings. The molecular formula is C24H23FN2O4S. The molecule has 32 heavy (non-hydrogen) atoms. The molecule has 6 nitrogen and oxygen atoms in total. The van der Waals surface area contributed by atoms with Gasteiger partial charge in [0, 0.05) is 48.4 Å². The van der Waals surface area contributed by atoms with Crippen LogP contribution in [-0.2, 0) is 16.6 Å². The summed E-state index contributed by atoms with van der Waals surface area (Å²) in [7, 11) is -2.18. The third kappa shape index (κ3) is 3.43. The number of rotatable bonds is 4. The van der Waals surface area contributed by atoms with Gasteiger partial charge in [0.25, 0.3) is 5.56 Å². The maximum absolute atomic E-state index is 14.6. The number of fused-ring (bicyclic) bond motifs is 4. The van der Waals surface area contributed by atoms with Crippen LogP contribution in [0.5, 0.6) is 5.75 Å². The lowest BCUT2D eigenvalue weighted by Crippen LogP contribution is -2.49. The van der Waals surface area contributed by atoms with Crippen molar-refractivity contribution in [3.8, 4) is 16.9 Å². The molecule has 8 heteroatoms. The molecule has 1 fully saturated rings. The molecule has 0 amide bonds. The number of hydrogen-bond acceptors (Lipinski definition) is 4. The van der Waals surface area contributed by atoms with E-state index in [1.165, 1.54) is 23.5 Å². The number of piperidine rings is 1. The molecule has 0 N–H and O–H groups in total. The Morgan fingerprint density at radius 2 is 1.69 bits per heavy atom. The predicted molar refractivity (Wildman–Crippen MR) is 119 cm³/mol. The number of sulfonamides is 1. The smallest absolute Gasteiger partial charge is 0.250 e. The number of ether oxygens (including phenoxy) is 1. The van der Waals surface area contributed by atoms with E-state index in [-0.39, 0.29) is 34.7 Å². The second-order valence-electron chi connectivity index (χ2n) is 8.36. The summed E-state index contributed by atoms with van der Waals surface area (Å²) >= 11 is 0. The van der Waals surface area contributed by atoms with Crippen LogP contribution < -0.4 is 10.3 Å². The molecule has 3 heterocycles. The Morgan fingerprint density at radius 3 is 2.41 bits per heavy atom. The molecule has 0 aliphatic carbocycles. The van der Waals surface area contributed by atoms with Crippen molar-refractivity contribution in [2.75, 3.05) is 20.2 Å². The first kappa shape index (κ1) is 20.9. The van der Waals surface area contributed by atoms with Crippen LogP contribution >= 0.6 is 0 Å². The normalized spacial score (nSPS) is 20.6. The lowest BCUT2D eigenvalue weighted by molar-refractivity contribution is 0.187. The van der Waals surface area contributed by atoms with Gasteiger partial charge in [-0.3, -0.25) is 4.79 Å². The first-order chi connectivity index (χ1) is 15.4. The van der Waals surface area contributed by atoms with E-state index in [9.17, 15) is 17.6 Å². The molecule has 3 aromatic rings. The molecule has 0 unspecified atom stereocenters. The summed E-state index contributed by atoms with van der Waals surface area (Å²) in [5.74, 6) is 0.0405. The lowest BCUT2D eigenvalue weighted by atomic mass is 9.81. The standard InChI is InChI=1S/C24H23FN2O4S/c1-31-18-6-8-19(9-7-18)32(29,30)26-13-16-12-17(15-26)24-21(10-11-23(28)27(24)14-16)20-4-2-3-5-22(20)25/h2-11,16-17H,12-15H2,1H3/t16-,17+/m0/s1. The number of halogens is 1. The zero-order valence-electron chi connectivity index (χ0n) is 17.6. The van der Waals surface area contributed by atoms with Crippen molar-refractivity contribution < 1.29 is 17.5 Å². The Kier molecular flexibility index (Phi) is 5.14. The van der Waals surface area contributed by atoms with Gasteiger partial charge in [-0.05, 0) is 48.7 Å². The summed E-state index contributed by atoms with van der Waals surface area (Å²) in [6.45, 7) is 1.01. The summed E-state index contributed by atoms with van der Waals surface area (Å²) in [4.78, 5) is 12.9. The molecule has 2 aliphatic heterocycles. The van der Waals surface area contributed by atoms with Gasteiger partial charge in [-0.1, -0.05) is 18.2 Å². The van der Waals surface area contributed by atoms with Crippen molar-refractivity contribution in [3.05, 3.63) is 82.5 Å². The maximum atomic E-state index is 14.6. The number of methoxy groups -OCH3 is 1. The average Bonchev–Trinajstić information content (AvgIpc) is 2.80. The van der Waals surface area contributed by atoms with Crippen molar-refractivity contribution in [1.82, 2.24) is 8.87 Å². The molecule has 2 atom stereocenters. The van der Waals surface area contributed by atoms with Gasteiger partial charge in [0.2, 0.25) is 10.0 Å². The first-order valence-electron chi connectivity index (χ1n) is 10.5. The van der Waals surface area contributed by atoms with E-state index in [1.807, 2.05) is 0 Å². The zero-order chi connectivity index (χ0) is 22.5. The average molecular weight is 455 g/mol. The van der Waals surface area contributed by atoms with E-state index in [1.54, 1.807) is 53.1 Å². The fraction of sp³-hybridized carbons (Fsp3) is 0.292. The van der Waals surface area contributed by atoms with E-state index >= 15 is 0 Å². The Hall–Kier alpha value is -2.97. The Labute approximate surface area is 185 Å². The van der Waals surface area contributed by atoms with Gasteiger partial charge in [-0.25, -0.2) is 12.8 Å². The summed E-state index contributed by atoms with van der Waals surface area (Å²) in [6, 6.07) is 15.9. The highest BCUT2D eigenvalue weighted by Crippen LogP contribution is 2.41. The molecule has 0 radical (unpaired) electrons. The van der Waals surface area contributed by atoms with Crippen molar-refractivity contribution in [2.24, 2.45) is 5.92 Å². The van der Waals surface area contributed by atoms with Crippen LogP contribution in [0.2, 0.25) is 0 Å². The van der Waals surface area contributed by atoms with E-state index in [0.717, 1.165) is 6.42 Å². The first-order valence-corrected chi connectivity index (χ1v) is 12.0. The minimum Gasteiger partial charge on any atom is -0.497 e. The molecule has 5 rings (SSSR count). The monoisotopic (exact) mass is 454 g/mol. The predicted octanol–water partition coefficient (Wildman–Crippen LogP) is 3.47. The van der Waals surface area contributed by atoms with Crippen LogP contribution in [-0.4, -0.2) is 37.5 Å². The molecule has 0 spiro atoms. The van der Waals surface area contributed by atoms with Crippen LogP contribution in [0, 0.1) is 11.7 Å². The summed E-state index contributed by atoms with van der Waals surface area (Å²) < 4.78 is 49.7. The quantitative estimate of drug-likeness (QED) is 0.605. The summed E-state index contributed by atoms with van der Waals surface area (Å²) in [5.41, 5.74) is 1.65. The number of aromatic nitrogens is 1. The van der Waals surface area contributed by atoms with E-state index in [0.29, 0.717) is 35.7 Å². The van der Waals surface area contributed by atoms with Crippen LogP contribution in [0.15, 0.2) is 70.4 Å². The fourth-order valence-electron chi connectivity index (χ4n) is 4.97. The summed E-state index contributed by atoms with van der Waals surface area (Å²) in [5, 5.41) is 0. The van der Waals surface area contributed by atoms with Crippen LogP contribution in [0.4, 0.5) is 4.39 Å². The molecule has 166 valence electrons. The van der Waals surface area contributed by atoms with Crippen molar-refractivity contribution in [1.29, 1.82) is 0 Å². The van der Waals surface area contributed by atoms with Gasteiger partial charge >= 0.3 is 0 Å². The zero-order valence-corrected chi connectivity index (χ0v) is 18.4. The molecule has 1 aromatic heterocycles. The molecule has 2 bridgehead atoms. The SMILES string of the molecule is COc1ccc(S(=O)(=O)N2C[C@@H]3C[C@H](C2)c2c(-c4ccccc4F)ccc(=O)n2C3)cc1. The molecule has 2 aromatic carbocycles. The van der Waals surface area contributed by atoms with E-state index < -0.39 is 10.0 Å². The van der Waals surface area contributed by atoms with E-state index in [4.69, 9.17) is 4.74 Å². The van der Waals surface area contributed by atoms with Crippen LogP contribution in [0.1, 0.15) is 18.0 Å². The van der Waals surface area contributed by atoms with Crippen LogP contribution in [0.3, 0.4) is 0 Å². The van der Waals surface area contributed by atoms with Gasteiger partial charge < -0.3 is 9.30 Å². The summed E-state index contributed by atoms with van der Waals surface area (Å²) in [6.07, 6.45) is 0.763.